The number of rotatable bonds is 9. The monoisotopic (exact) mass is 444 g/mol. The number of amides is 2. The van der Waals surface area contributed by atoms with E-state index in [1.807, 2.05) is 0 Å². The standard InChI is InChI=1S/C19H26F2N4O4S/c1-5-24(6-7-28-23(4)13(3)26)18-16(20)8-14(9-17(18)21)25-11-15(29-19(25)27)10-22-12(2)30/h8-9,15H,5-7,10-11H2,1-4H3,(H,22,30)/t15-/m0/s1. The second-order valence-corrected chi connectivity index (χ2v) is 7.35. The van der Waals surface area contributed by atoms with Gasteiger partial charge in [-0.15, -0.1) is 0 Å². The first-order chi connectivity index (χ1) is 14.1. The number of carbonyl (C=O) groups excluding carboxylic acids is 2. The Kier molecular flexibility index (Phi) is 8.30. The lowest BCUT2D eigenvalue weighted by atomic mass is 10.2. The molecule has 1 N–H and O–H groups in total. The number of nitrogens with zero attached hydrogens (tertiary/aromatic N) is 3. The van der Waals surface area contributed by atoms with Crippen molar-refractivity contribution in [1.82, 2.24) is 10.4 Å². The molecule has 2 rings (SSSR count). The van der Waals surface area contributed by atoms with Gasteiger partial charge in [-0.2, -0.15) is 0 Å². The first-order valence-electron chi connectivity index (χ1n) is 9.47. The Morgan fingerprint density at radius 2 is 2.00 bits per heavy atom. The van der Waals surface area contributed by atoms with Crippen molar-refractivity contribution < 1.29 is 27.9 Å². The maximum Gasteiger partial charge on any atom is 0.414 e. The smallest absolute Gasteiger partial charge is 0.414 e. The fourth-order valence-corrected chi connectivity index (χ4v) is 3.00. The average Bonchev–Trinajstić information content (AvgIpc) is 3.04. The van der Waals surface area contributed by atoms with E-state index in [1.165, 1.54) is 23.8 Å². The first kappa shape index (κ1) is 23.7. The number of benzene rings is 1. The van der Waals surface area contributed by atoms with Crippen LogP contribution in [0.1, 0.15) is 20.8 Å². The number of hydroxylamine groups is 2. The van der Waals surface area contributed by atoms with Gasteiger partial charge in [0.1, 0.15) is 11.8 Å². The van der Waals surface area contributed by atoms with Crippen molar-refractivity contribution in [1.29, 1.82) is 0 Å². The van der Waals surface area contributed by atoms with Crippen LogP contribution in [0.25, 0.3) is 0 Å². The largest absolute Gasteiger partial charge is 0.442 e. The molecule has 1 fully saturated rings. The van der Waals surface area contributed by atoms with Gasteiger partial charge in [0.05, 0.1) is 30.4 Å². The molecule has 8 nitrogen and oxygen atoms in total. The van der Waals surface area contributed by atoms with Crippen molar-refractivity contribution in [3.8, 4) is 0 Å². The van der Waals surface area contributed by atoms with Crippen LogP contribution < -0.4 is 15.1 Å². The van der Waals surface area contributed by atoms with Crippen LogP contribution in [0.3, 0.4) is 0 Å². The van der Waals surface area contributed by atoms with Crippen LogP contribution in [0.2, 0.25) is 0 Å². The Balaban J connectivity index is 2.11. The van der Waals surface area contributed by atoms with E-state index in [9.17, 15) is 18.4 Å². The van der Waals surface area contributed by atoms with Gasteiger partial charge in [-0.3, -0.25) is 14.5 Å². The zero-order valence-corrected chi connectivity index (χ0v) is 18.2. The number of nitrogens with one attached hydrogen (secondary N) is 1. The number of anilines is 2. The van der Waals surface area contributed by atoms with Gasteiger partial charge in [-0.25, -0.2) is 18.6 Å². The van der Waals surface area contributed by atoms with Gasteiger partial charge in [0, 0.05) is 39.2 Å². The molecule has 0 bridgehead atoms. The van der Waals surface area contributed by atoms with E-state index in [4.69, 9.17) is 21.8 Å². The van der Waals surface area contributed by atoms with Crippen molar-refractivity contribution in [3.63, 3.8) is 0 Å². The first-order valence-corrected chi connectivity index (χ1v) is 9.88. The SMILES string of the molecule is CCN(CCON(C)C(C)=O)c1c(F)cc(N2C[C@H](CNC(C)=S)OC2=O)cc1F. The minimum absolute atomic E-state index is 0.0664. The van der Waals surface area contributed by atoms with E-state index in [1.54, 1.807) is 13.8 Å². The number of hydrogen-bond acceptors (Lipinski definition) is 6. The van der Waals surface area contributed by atoms with E-state index in [0.29, 0.717) is 18.1 Å². The second kappa shape index (κ2) is 10.5. The molecular weight excluding hydrogens is 418 g/mol. The molecule has 30 heavy (non-hydrogen) atoms. The molecule has 1 heterocycles. The number of carbonyl (C=O) groups is 2. The second-order valence-electron chi connectivity index (χ2n) is 6.74. The summed E-state index contributed by atoms with van der Waals surface area (Å²) in [5.41, 5.74) is -0.151. The van der Waals surface area contributed by atoms with Gasteiger partial charge in [0.15, 0.2) is 11.6 Å². The third-order valence-corrected chi connectivity index (χ3v) is 4.70. The predicted molar refractivity (Wildman–Crippen MR) is 113 cm³/mol. The van der Waals surface area contributed by atoms with E-state index >= 15 is 0 Å². The highest BCUT2D eigenvalue weighted by atomic mass is 32.1. The fourth-order valence-electron chi connectivity index (χ4n) is 2.91. The van der Waals surface area contributed by atoms with Crippen LogP contribution in [0, 0.1) is 11.6 Å². The molecule has 1 saturated heterocycles. The highest BCUT2D eigenvalue weighted by Gasteiger charge is 2.33. The third-order valence-electron chi connectivity index (χ3n) is 4.55. The normalized spacial score (nSPS) is 15.7. The fraction of sp³-hybridized carbons (Fsp3) is 0.526. The summed E-state index contributed by atoms with van der Waals surface area (Å²) in [6.45, 7) is 5.81. The minimum Gasteiger partial charge on any atom is -0.442 e. The molecule has 1 aliphatic rings. The predicted octanol–water partition coefficient (Wildman–Crippen LogP) is 2.46. The van der Waals surface area contributed by atoms with Crippen molar-refractivity contribution in [2.24, 2.45) is 0 Å². The zero-order chi connectivity index (χ0) is 22.4. The molecule has 11 heteroatoms. The van der Waals surface area contributed by atoms with Gasteiger partial charge in [0.25, 0.3) is 0 Å². The van der Waals surface area contributed by atoms with Crippen molar-refractivity contribution in [2.45, 2.75) is 26.9 Å². The highest BCUT2D eigenvalue weighted by Crippen LogP contribution is 2.31. The van der Waals surface area contributed by atoms with Gasteiger partial charge >= 0.3 is 6.09 Å². The van der Waals surface area contributed by atoms with Crippen LogP contribution in [0.4, 0.5) is 25.0 Å². The summed E-state index contributed by atoms with van der Waals surface area (Å²) in [6, 6.07) is 2.20. The summed E-state index contributed by atoms with van der Waals surface area (Å²) in [5.74, 6) is -1.90. The van der Waals surface area contributed by atoms with Gasteiger partial charge in [-0.05, 0) is 13.8 Å². The molecule has 0 aromatic heterocycles. The number of halogens is 2. The molecule has 0 unspecified atom stereocenters. The third kappa shape index (κ3) is 5.99. The summed E-state index contributed by atoms with van der Waals surface area (Å²) in [5, 5.41) is 3.96. The number of hydrogen-bond donors (Lipinski definition) is 1. The Morgan fingerprint density at radius 1 is 1.37 bits per heavy atom. The van der Waals surface area contributed by atoms with E-state index in [2.05, 4.69) is 5.32 Å². The lowest BCUT2D eigenvalue weighted by Crippen LogP contribution is -2.33. The average molecular weight is 445 g/mol. The molecule has 1 aliphatic heterocycles. The summed E-state index contributed by atoms with van der Waals surface area (Å²) in [6.07, 6.45) is -1.16. The van der Waals surface area contributed by atoms with Gasteiger partial charge in [-0.1, -0.05) is 12.2 Å². The molecule has 166 valence electrons. The van der Waals surface area contributed by atoms with E-state index < -0.39 is 23.8 Å². The maximum absolute atomic E-state index is 14.8. The molecule has 0 radical (unpaired) electrons. The van der Waals surface area contributed by atoms with Crippen molar-refractivity contribution in [3.05, 3.63) is 23.8 Å². The van der Waals surface area contributed by atoms with Gasteiger partial charge < -0.3 is 15.0 Å². The number of thiocarbonyl (C=S) groups is 1. The highest BCUT2D eigenvalue weighted by molar-refractivity contribution is 7.80. The minimum atomic E-state index is -0.809. The van der Waals surface area contributed by atoms with Gasteiger partial charge in [0.2, 0.25) is 5.91 Å². The summed E-state index contributed by atoms with van der Waals surface area (Å²) in [7, 11) is 1.46. The lowest BCUT2D eigenvalue weighted by molar-refractivity contribution is -0.174. The number of ether oxygens (including phenoxy) is 1. The Bertz CT molecular complexity index is 788. The van der Waals surface area contributed by atoms with Crippen LogP contribution in [0.15, 0.2) is 12.1 Å². The Labute approximate surface area is 179 Å². The quantitative estimate of drug-likeness (QED) is 0.463. The van der Waals surface area contributed by atoms with Crippen molar-refractivity contribution in [2.75, 3.05) is 49.6 Å². The van der Waals surface area contributed by atoms with Crippen LogP contribution in [0.5, 0.6) is 0 Å². The van der Waals surface area contributed by atoms with E-state index in [-0.39, 0.29) is 37.0 Å². The van der Waals surface area contributed by atoms with E-state index in [0.717, 1.165) is 17.2 Å². The number of likely N-dealkylation sites (N-methyl/N-ethyl adjacent to an activating group) is 1. The Hall–Kier alpha value is -2.53. The summed E-state index contributed by atoms with van der Waals surface area (Å²) < 4.78 is 34.8. The summed E-state index contributed by atoms with van der Waals surface area (Å²) >= 11 is 4.93. The van der Waals surface area contributed by atoms with Crippen LogP contribution in [-0.2, 0) is 14.4 Å². The molecule has 0 aliphatic carbocycles. The Morgan fingerprint density at radius 3 is 2.53 bits per heavy atom. The van der Waals surface area contributed by atoms with Crippen LogP contribution in [-0.4, -0.2) is 68.0 Å². The molecular formula is C19H26F2N4O4S. The molecule has 0 saturated carbocycles. The molecule has 1 atom stereocenters. The molecule has 0 spiro atoms. The maximum atomic E-state index is 14.8. The molecule has 2 amide bonds. The molecule has 1 aromatic rings. The molecule has 1 aromatic carbocycles. The zero-order valence-electron chi connectivity index (χ0n) is 17.4. The van der Waals surface area contributed by atoms with Crippen LogP contribution >= 0.6 is 12.2 Å². The number of cyclic esters (lactones) is 1. The lowest BCUT2D eigenvalue weighted by Gasteiger charge is -2.26. The van der Waals surface area contributed by atoms with Crippen molar-refractivity contribution >= 4 is 40.6 Å². The topological polar surface area (TPSA) is 74.3 Å². The summed E-state index contributed by atoms with van der Waals surface area (Å²) in [4.78, 5) is 31.7.